The lowest BCUT2D eigenvalue weighted by Gasteiger charge is -2.27. The fraction of sp³-hybridized carbons (Fsp3) is 0.115. The second kappa shape index (κ2) is 11.7. The maximum Gasteiger partial charge on any atom is 0.0468 e. The lowest BCUT2D eigenvalue weighted by molar-refractivity contribution is 0.660. The first-order valence-electron chi connectivity index (χ1n) is 18.8. The molecule has 0 N–H and O–H groups in total. The molecule has 0 amide bonds. The molecule has 0 unspecified atom stereocenters. The minimum absolute atomic E-state index is 0.0489. The normalized spacial score (nSPS) is 14.3. The first-order chi connectivity index (χ1) is 25.8. The van der Waals surface area contributed by atoms with Crippen molar-refractivity contribution >= 4 is 27.8 Å². The second-order valence-electron chi connectivity index (χ2n) is 15.8. The molecule has 0 saturated carbocycles. The molecular formula is C52H41N. The predicted octanol–water partition coefficient (Wildman–Crippen LogP) is 14.3. The lowest BCUT2D eigenvalue weighted by Crippen LogP contribution is -2.15. The minimum atomic E-state index is -0.0489. The summed E-state index contributed by atoms with van der Waals surface area (Å²) < 4.78 is 0. The maximum absolute atomic E-state index is 2.42. The van der Waals surface area contributed by atoms with Crippen LogP contribution in [0.3, 0.4) is 0 Å². The van der Waals surface area contributed by atoms with Gasteiger partial charge in [-0.15, -0.1) is 0 Å². The summed E-state index contributed by atoms with van der Waals surface area (Å²) in [5.74, 6) is 0. The third-order valence-electron chi connectivity index (χ3n) is 12.0. The molecule has 0 radical (unpaired) electrons. The van der Waals surface area contributed by atoms with Crippen molar-refractivity contribution in [2.24, 2.45) is 0 Å². The molecule has 0 aromatic heterocycles. The first-order valence-corrected chi connectivity index (χ1v) is 18.8. The summed E-state index contributed by atoms with van der Waals surface area (Å²) in [7, 11) is 0. The van der Waals surface area contributed by atoms with Gasteiger partial charge in [0.05, 0.1) is 0 Å². The van der Waals surface area contributed by atoms with Gasteiger partial charge in [0.1, 0.15) is 0 Å². The molecule has 2 aliphatic carbocycles. The maximum atomic E-state index is 2.42. The van der Waals surface area contributed by atoms with E-state index in [1.807, 2.05) is 0 Å². The number of benzene rings is 8. The molecule has 254 valence electrons. The standard InChI is InChI=1S/C52H41N/c1-51(2)47-21-9-7-19-43(47)45-27-24-38(32-49(45)51)36-15-11-17-40(30-36)53(42-26-23-34-13-5-6-14-35(34)29-42)41-18-12-16-37(31-41)39-25-28-46-44-20-8-10-22-48(44)52(3,4)50(46)33-39/h5-33H,1-4H3. The second-order valence-corrected chi connectivity index (χ2v) is 15.8. The average molecular weight is 680 g/mol. The van der Waals surface area contributed by atoms with E-state index in [2.05, 4.69) is 209 Å². The number of nitrogens with zero attached hydrogens (tertiary/aromatic N) is 1. The highest BCUT2D eigenvalue weighted by atomic mass is 15.1. The van der Waals surface area contributed by atoms with E-state index < -0.39 is 0 Å². The Balaban J connectivity index is 1.09. The van der Waals surface area contributed by atoms with Crippen LogP contribution in [0, 0.1) is 0 Å². The Kier molecular flexibility index (Phi) is 6.94. The number of hydrogen-bond donors (Lipinski definition) is 0. The summed E-state index contributed by atoms with van der Waals surface area (Å²) in [5.41, 5.74) is 19.2. The monoisotopic (exact) mass is 679 g/mol. The Bertz CT molecular complexity index is 2590. The number of anilines is 3. The van der Waals surface area contributed by atoms with E-state index in [4.69, 9.17) is 0 Å². The van der Waals surface area contributed by atoms with Gasteiger partial charge in [0.25, 0.3) is 0 Å². The van der Waals surface area contributed by atoms with Crippen LogP contribution in [0.4, 0.5) is 17.1 Å². The van der Waals surface area contributed by atoms with Gasteiger partial charge in [0, 0.05) is 27.9 Å². The molecule has 0 aliphatic heterocycles. The quantitative estimate of drug-likeness (QED) is 0.175. The average Bonchev–Trinajstić information content (AvgIpc) is 3.57. The molecule has 1 nitrogen and oxygen atoms in total. The third-order valence-corrected chi connectivity index (χ3v) is 12.0. The van der Waals surface area contributed by atoms with Crippen molar-refractivity contribution in [3.8, 4) is 44.5 Å². The van der Waals surface area contributed by atoms with Crippen LogP contribution < -0.4 is 4.90 Å². The van der Waals surface area contributed by atoms with Crippen LogP contribution in [0.5, 0.6) is 0 Å². The van der Waals surface area contributed by atoms with E-state index in [9.17, 15) is 0 Å². The largest absolute Gasteiger partial charge is 0.310 e. The highest BCUT2D eigenvalue weighted by Gasteiger charge is 2.36. The van der Waals surface area contributed by atoms with Gasteiger partial charge in [-0.3, -0.25) is 0 Å². The smallest absolute Gasteiger partial charge is 0.0468 e. The van der Waals surface area contributed by atoms with Crippen LogP contribution in [0.25, 0.3) is 55.3 Å². The molecule has 8 aromatic carbocycles. The predicted molar refractivity (Wildman–Crippen MR) is 225 cm³/mol. The van der Waals surface area contributed by atoms with Crippen molar-refractivity contribution in [3.63, 3.8) is 0 Å². The van der Waals surface area contributed by atoms with Crippen molar-refractivity contribution in [1.29, 1.82) is 0 Å². The summed E-state index contributed by atoms with van der Waals surface area (Å²) in [6.07, 6.45) is 0. The van der Waals surface area contributed by atoms with E-state index in [0.717, 1.165) is 17.1 Å². The van der Waals surface area contributed by atoms with E-state index >= 15 is 0 Å². The van der Waals surface area contributed by atoms with E-state index in [0.29, 0.717) is 0 Å². The van der Waals surface area contributed by atoms with E-state index in [1.165, 1.54) is 77.5 Å². The number of rotatable bonds is 5. The van der Waals surface area contributed by atoms with Gasteiger partial charge in [-0.05, 0) is 126 Å². The van der Waals surface area contributed by atoms with Gasteiger partial charge in [-0.2, -0.15) is 0 Å². The van der Waals surface area contributed by atoms with E-state index in [-0.39, 0.29) is 10.8 Å². The SMILES string of the molecule is CC1(C)c2ccccc2-c2ccc(-c3cccc(N(c4cccc(-c5ccc6c(c5)C(C)(C)c5ccccc5-6)c4)c4ccc5ccccc5c4)c3)cc21. The molecular weight excluding hydrogens is 639 g/mol. The number of fused-ring (bicyclic) bond motifs is 7. The molecule has 0 spiro atoms. The van der Waals surface area contributed by atoms with Gasteiger partial charge in [-0.25, -0.2) is 0 Å². The molecule has 1 heteroatoms. The number of hydrogen-bond acceptors (Lipinski definition) is 1. The molecule has 0 saturated heterocycles. The third kappa shape index (κ3) is 4.91. The molecule has 10 rings (SSSR count). The fourth-order valence-electron chi connectivity index (χ4n) is 9.18. The van der Waals surface area contributed by atoms with Gasteiger partial charge >= 0.3 is 0 Å². The van der Waals surface area contributed by atoms with Crippen molar-refractivity contribution < 1.29 is 0 Å². The zero-order chi connectivity index (χ0) is 35.9. The van der Waals surface area contributed by atoms with Gasteiger partial charge in [0.15, 0.2) is 0 Å². The van der Waals surface area contributed by atoms with Crippen LogP contribution in [-0.2, 0) is 10.8 Å². The van der Waals surface area contributed by atoms with Gasteiger partial charge in [-0.1, -0.05) is 155 Å². The highest BCUT2D eigenvalue weighted by Crippen LogP contribution is 2.51. The molecule has 53 heavy (non-hydrogen) atoms. The summed E-state index contributed by atoms with van der Waals surface area (Å²) in [4.78, 5) is 2.42. The van der Waals surface area contributed by atoms with Crippen LogP contribution in [0.2, 0.25) is 0 Å². The van der Waals surface area contributed by atoms with Crippen LogP contribution >= 0.6 is 0 Å². The minimum Gasteiger partial charge on any atom is -0.310 e. The summed E-state index contributed by atoms with van der Waals surface area (Å²) in [5, 5.41) is 2.46. The summed E-state index contributed by atoms with van der Waals surface area (Å²) in [6.45, 7) is 9.42. The van der Waals surface area contributed by atoms with Crippen molar-refractivity contribution in [3.05, 3.63) is 198 Å². The van der Waals surface area contributed by atoms with Crippen LogP contribution in [0.1, 0.15) is 49.9 Å². The molecule has 2 aliphatic rings. The Labute approximate surface area is 312 Å². The molecule has 8 aromatic rings. The van der Waals surface area contributed by atoms with Crippen molar-refractivity contribution in [2.45, 2.75) is 38.5 Å². The summed E-state index contributed by atoms with van der Waals surface area (Å²) in [6, 6.07) is 65.4. The Morgan fingerprint density at radius 3 is 1.28 bits per heavy atom. The highest BCUT2D eigenvalue weighted by molar-refractivity contribution is 5.91. The lowest BCUT2D eigenvalue weighted by atomic mass is 9.81. The summed E-state index contributed by atoms with van der Waals surface area (Å²) >= 11 is 0. The molecule has 0 bridgehead atoms. The zero-order valence-electron chi connectivity index (χ0n) is 30.7. The molecule has 0 atom stereocenters. The van der Waals surface area contributed by atoms with Gasteiger partial charge < -0.3 is 4.90 Å². The molecule has 0 fully saturated rings. The Hall–Kier alpha value is -6.18. The van der Waals surface area contributed by atoms with Crippen molar-refractivity contribution in [2.75, 3.05) is 4.90 Å². The Morgan fingerprint density at radius 1 is 0.302 bits per heavy atom. The van der Waals surface area contributed by atoms with Gasteiger partial charge in [0.2, 0.25) is 0 Å². The van der Waals surface area contributed by atoms with Crippen LogP contribution in [-0.4, -0.2) is 0 Å². The first kappa shape index (κ1) is 31.5. The topological polar surface area (TPSA) is 3.24 Å². The molecule has 0 heterocycles. The van der Waals surface area contributed by atoms with E-state index in [1.54, 1.807) is 0 Å². The Morgan fingerprint density at radius 2 is 0.736 bits per heavy atom. The fourth-order valence-corrected chi connectivity index (χ4v) is 9.18. The van der Waals surface area contributed by atoms with Crippen LogP contribution in [0.15, 0.2) is 176 Å². The zero-order valence-corrected chi connectivity index (χ0v) is 30.7. The van der Waals surface area contributed by atoms with Crippen molar-refractivity contribution in [1.82, 2.24) is 0 Å².